The van der Waals surface area contributed by atoms with E-state index in [2.05, 4.69) is 26.1 Å². The van der Waals surface area contributed by atoms with Gasteiger partial charge in [-0.1, -0.05) is 0 Å². The number of esters is 1. The summed E-state index contributed by atoms with van der Waals surface area (Å²) in [5.74, 6) is 2.69. The fourth-order valence-electron chi connectivity index (χ4n) is 1.38. The molecule has 0 unspecified atom stereocenters. The molecule has 0 aliphatic heterocycles. The van der Waals surface area contributed by atoms with Crippen LogP contribution in [0.4, 0.5) is 0 Å². The lowest BCUT2D eigenvalue weighted by atomic mass is 10.1. The van der Waals surface area contributed by atoms with Crippen LogP contribution in [0.5, 0.6) is 0 Å². The Bertz CT molecular complexity index is 396. The van der Waals surface area contributed by atoms with Gasteiger partial charge in [0.25, 0.3) is 0 Å². The van der Waals surface area contributed by atoms with Crippen LogP contribution in [0.3, 0.4) is 0 Å². The van der Waals surface area contributed by atoms with Crippen molar-refractivity contribution in [3.63, 3.8) is 0 Å². The lowest BCUT2D eigenvalue weighted by Gasteiger charge is -2.19. The minimum Gasteiger partial charge on any atom is -0.465 e. The lowest BCUT2D eigenvalue weighted by molar-refractivity contribution is -0.139. The molecule has 0 spiro atoms. The second-order valence-electron chi connectivity index (χ2n) is 5.27. The molecule has 1 heterocycles. The van der Waals surface area contributed by atoms with Crippen molar-refractivity contribution in [2.24, 2.45) is 0 Å². The van der Waals surface area contributed by atoms with E-state index in [1.54, 1.807) is 0 Å². The predicted molar refractivity (Wildman–Crippen MR) is 78.1 cm³/mol. The molecule has 1 aromatic heterocycles. The van der Waals surface area contributed by atoms with E-state index in [9.17, 15) is 4.79 Å². The SMILES string of the molecule is CCOC(=O)CSCc1ccc(CNC(C)(C)C)o1. The van der Waals surface area contributed by atoms with Gasteiger partial charge in [0.05, 0.1) is 24.7 Å². The maximum absolute atomic E-state index is 11.2. The zero-order valence-electron chi connectivity index (χ0n) is 12.1. The van der Waals surface area contributed by atoms with Gasteiger partial charge in [-0.25, -0.2) is 0 Å². The Balaban J connectivity index is 2.29. The molecule has 1 N–H and O–H groups in total. The van der Waals surface area contributed by atoms with E-state index in [1.807, 2.05) is 19.1 Å². The molecule has 1 rings (SSSR count). The van der Waals surface area contributed by atoms with Crippen LogP contribution in [0.2, 0.25) is 0 Å². The number of hydrogen-bond acceptors (Lipinski definition) is 5. The van der Waals surface area contributed by atoms with Crippen LogP contribution in [-0.2, 0) is 21.8 Å². The van der Waals surface area contributed by atoms with Gasteiger partial charge in [0.2, 0.25) is 0 Å². The standard InChI is InChI=1S/C14H23NO3S/c1-5-17-13(16)10-19-9-12-7-6-11(18-12)8-15-14(2,3)4/h6-7,15H,5,8-10H2,1-4H3. The molecule has 108 valence electrons. The summed E-state index contributed by atoms with van der Waals surface area (Å²) in [6.45, 7) is 9.31. The highest BCUT2D eigenvalue weighted by Crippen LogP contribution is 2.16. The summed E-state index contributed by atoms with van der Waals surface area (Å²) in [6.07, 6.45) is 0. The first kappa shape index (κ1) is 16.1. The molecular formula is C14H23NO3S. The quantitative estimate of drug-likeness (QED) is 0.781. The Hall–Kier alpha value is -0.940. The van der Waals surface area contributed by atoms with Crippen molar-refractivity contribution in [3.8, 4) is 0 Å². The van der Waals surface area contributed by atoms with Gasteiger partial charge in [-0.15, -0.1) is 11.8 Å². The summed E-state index contributed by atoms with van der Waals surface area (Å²) in [5, 5.41) is 3.37. The smallest absolute Gasteiger partial charge is 0.315 e. The molecule has 0 atom stereocenters. The van der Waals surface area contributed by atoms with Gasteiger partial charge in [0.15, 0.2) is 0 Å². The van der Waals surface area contributed by atoms with Crippen molar-refractivity contribution in [1.82, 2.24) is 5.32 Å². The Kier molecular flexibility index (Phi) is 6.45. The fraction of sp³-hybridized carbons (Fsp3) is 0.643. The number of carbonyl (C=O) groups is 1. The maximum atomic E-state index is 11.2. The molecule has 0 saturated carbocycles. The third kappa shape index (κ3) is 7.28. The van der Waals surface area contributed by atoms with Crippen LogP contribution in [0.1, 0.15) is 39.2 Å². The molecule has 0 aliphatic carbocycles. The van der Waals surface area contributed by atoms with E-state index in [0.717, 1.165) is 11.5 Å². The van der Waals surface area contributed by atoms with E-state index >= 15 is 0 Å². The highest BCUT2D eigenvalue weighted by Gasteiger charge is 2.10. The van der Waals surface area contributed by atoms with E-state index in [-0.39, 0.29) is 11.5 Å². The van der Waals surface area contributed by atoms with Crippen LogP contribution < -0.4 is 5.32 Å². The van der Waals surface area contributed by atoms with Crippen molar-refractivity contribution in [2.45, 2.75) is 45.5 Å². The number of ether oxygens (including phenoxy) is 1. The van der Waals surface area contributed by atoms with Crippen LogP contribution in [-0.4, -0.2) is 23.9 Å². The Morgan fingerprint density at radius 1 is 1.37 bits per heavy atom. The summed E-state index contributed by atoms with van der Waals surface area (Å²) in [4.78, 5) is 11.2. The summed E-state index contributed by atoms with van der Waals surface area (Å²) < 4.78 is 10.5. The zero-order chi connectivity index (χ0) is 14.3. The number of nitrogens with one attached hydrogen (secondary N) is 1. The predicted octanol–water partition coefficient (Wildman–Crippen LogP) is 2.96. The number of thioether (sulfide) groups is 1. The summed E-state index contributed by atoms with van der Waals surface area (Å²) in [7, 11) is 0. The molecule has 0 fully saturated rings. The van der Waals surface area contributed by atoms with Crippen LogP contribution in [0.15, 0.2) is 16.5 Å². The highest BCUT2D eigenvalue weighted by molar-refractivity contribution is 7.99. The Labute approximate surface area is 119 Å². The molecule has 0 saturated heterocycles. The molecule has 19 heavy (non-hydrogen) atoms. The van der Waals surface area contributed by atoms with Gasteiger partial charge in [0, 0.05) is 5.54 Å². The van der Waals surface area contributed by atoms with Gasteiger partial charge in [-0.3, -0.25) is 4.79 Å². The van der Waals surface area contributed by atoms with Crippen LogP contribution >= 0.6 is 11.8 Å². The number of furan rings is 1. The van der Waals surface area contributed by atoms with Crippen molar-refractivity contribution < 1.29 is 13.9 Å². The van der Waals surface area contributed by atoms with Gasteiger partial charge in [-0.05, 0) is 39.8 Å². The van der Waals surface area contributed by atoms with Crippen molar-refractivity contribution in [3.05, 3.63) is 23.7 Å². The number of rotatable bonds is 7. The summed E-state index contributed by atoms with van der Waals surface area (Å²) in [6, 6.07) is 3.93. The third-order valence-corrected chi connectivity index (χ3v) is 3.21. The molecule has 0 bridgehead atoms. The van der Waals surface area contributed by atoms with Crippen LogP contribution in [0.25, 0.3) is 0 Å². The lowest BCUT2D eigenvalue weighted by Crippen LogP contribution is -2.34. The largest absolute Gasteiger partial charge is 0.465 e. The number of carbonyl (C=O) groups excluding carboxylic acids is 1. The Morgan fingerprint density at radius 2 is 2.05 bits per heavy atom. The molecule has 4 nitrogen and oxygen atoms in total. The van der Waals surface area contributed by atoms with E-state index < -0.39 is 0 Å². The molecular weight excluding hydrogens is 262 g/mol. The Morgan fingerprint density at radius 3 is 2.68 bits per heavy atom. The first-order valence-corrected chi connectivity index (χ1v) is 7.62. The molecule has 0 amide bonds. The maximum Gasteiger partial charge on any atom is 0.315 e. The van der Waals surface area contributed by atoms with Gasteiger partial charge in [0.1, 0.15) is 11.5 Å². The molecule has 5 heteroatoms. The number of hydrogen-bond donors (Lipinski definition) is 1. The monoisotopic (exact) mass is 285 g/mol. The van der Waals surface area contributed by atoms with Gasteiger partial charge in [-0.2, -0.15) is 0 Å². The first-order chi connectivity index (χ1) is 8.90. The second kappa shape index (κ2) is 7.60. The summed E-state index contributed by atoms with van der Waals surface area (Å²) >= 11 is 1.50. The zero-order valence-corrected chi connectivity index (χ0v) is 12.9. The average Bonchev–Trinajstić information content (AvgIpc) is 2.74. The van der Waals surface area contributed by atoms with Crippen molar-refractivity contribution in [1.29, 1.82) is 0 Å². The molecule has 1 aromatic rings. The first-order valence-electron chi connectivity index (χ1n) is 6.46. The topological polar surface area (TPSA) is 51.5 Å². The summed E-state index contributed by atoms with van der Waals surface area (Å²) in [5.41, 5.74) is 0.0750. The fourth-order valence-corrected chi connectivity index (χ4v) is 2.09. The third-order valence-electron chi connectivity index (χ3n) is 2.28. The minimum atomic E-state index is -0.173. The highest BCUT2D eigenvalue weighted by atomic mass is 32.2. The van der Waals surface area contributed by atoms with Crippen molar-refractivity contribution >= 4 is 17.7 Å². The van der Waals surface area contributed by atoms with Crippen LogP contribution in [0, 0.1) is 0 Å². The average molecular weight is 285 g/mol. The van der Waals surface area contributed by atoms with Gasteiger partial charge < -0.3 is 14.5 Å². The van der Waals surface area contributed by atoms with Crippen molar-refractivity contribution in [2.75, 3.05) is 12.4 Å². The van der Waals surface area contributed by atoms with E-state index in [1.165, 1.54) is 11.8 Å². The molecule has 0 aliphatic rings. The van der Waals surface area contributed by atoms with E-state index in [4.69, 9.17) is 9.15 Å². The molecule has 0 radical (unpaired) electrons. The van der Waals surface area contributed by atoms with E-state index in [0.29, 0.717) is 24.7 Å². The second-order valence-corrected chi connectivity index (χ2v) is 6.25. The molecule has 0 aromatic carbocycles. The van der Waals surface area contributed by atoms with Gasteiger partial charge >= 0.3 is 5.97 Å². The minimum absolute atomic E-state index is 0.0750. The normalized spacial score (nSPS) is 11.6.